The Bertz CT molecular complexity index is 1560. The zero-order valence-corrected chi connectivity index (χ0v) is 23.7. The van der Waals surface area contributed by atoms with Gasteiger partial charge in [-0.25, -0.2) is 4.79 Å². The molecule has 3 aromatic rings. The number of thiophene rings is 1. The van der Waals surface area contributed by atoms with Crippen LogP contribution >= 0.6 is 23.6 Å². The van der Waals surface area contributed by atoms with Gasteiger partial charge >= 0.3 is 5.97 Å². The lowest BCUT2D eigenvalue weighted by molar-refractivity contribution is -0.122. The molecule has 1 N–H and O–H groups in total. The van der Waals surface area contributed by atoms with Crippen LogP contribution in [0.1, 0.15) is 61.7 Å². The predicted molar refractivity (Wildman–Crippen MR) is 153 cm³/mol. The van der Waals surface area contributed by atoms with Crippen molar-refractivity contribution in [3.8, 4) is 5.00 Å². The van der Waals surface area contributed by atoms with Gasteiger partial charge in [-0.15, -0.1) is 11.3 Å². The maximum absolute atomic E-state index is 13.6. The Balaban J connectivity index is 1.61. The minimum Gasteiger partial charge on any atom is -0.465 e. The van der Waals surface area contributed by atoms with Gasteiger partial charge in [-0.1, -0.05) is 12.1 Å². The van der Waals surface area contributed by atoms with E-state index in [1.807, 2.05) is 56.5 Å². The molecule has 38 heavy (non-hydrogen) atoms. The first kappa shape index (κ1) is 26.1. The standard InChI is InChI=1S/C29H29N3O4S2/c1-15-9-8-11-22(17(15)3)32-26(34)21(25(33)30-29(32)37)14-19-13-16(2)31(18(19)4)27-24(28(35)36-5)20-10-6-7-12-23(20)38-27/h8-9,11,13-14H,6-7,10,12H2,1-5H3,(H,30,33,37)/b21-14+. The van der Waals surface area contributed by atoms with E-state index in [-0.39, 0.29) is 16.7 Å². The molecule has 0 bridgehead atoms. The molecule has 0 saturated carbocycles. The SMILES string of the molecule is COC(=O)c1c(-n2c(C)cc(/C=C3\C(=O)NC(=S)N(c4cccc(C)c4C)C3=O)c2C)sc2c1CCCC2. The van der Waals surface area contributed by atoms with Crippen molar-refractivity contribution in [3.05, 3.63) is 73.9 Å². The van der Waals surface area contributed by atoms with E-state index in [0.717, 1.165) is 64.3 Å². The van der Waals surface area contributed by atoms with Crippen LogP contribution < -0.4 is 10.2 Å². The number of methoxy groups -OCH3 is 1. The van der Waals surface area contributed by atoms with E-state index >= 15 is 0 Å². The molecule has 7 nitrogen and oxygen atoms in total. The minimum absolute atomic E-state index is 0.00146. The number of aryl methyl sites for hydroxylation is 3. The highest BCUT2D eigenvalue weighted by atomic mass is 32.1. The van der Waals surface area contributed by atoms with Gasteiger partial charge in [0.15, 0.2) is 5.11 Å². The Kier molecular flexibility index (Phi) is 6.83. The number of rotatable bonds is 4. The molecule has 2 amide bonds. The molecule has 5 rings (SSSR count). The van der Waals surface area contributed by atoms with Gasteiger partial charge in [-0.2, -0.15) is 0 Å². The monoisotopic (exact) mass is 547 g/mol. The molecular weight excluding hydrogens is 518 g/mol. The van der Waals surface area contributed by atoms with Gasteiger partial charge in [0.2, 0.25) is 0 Å². The fraction of sp³-hybridized carbons (Fsp3) is 0.310. The summed E-state index contributed by atoms with van der Waals surface area (Å²) < 4.78 is 7.20. The molecule has 0 radical (unpaired) electrons. The molecule has 3 heterocycles. The second kappa shape index (κ2) is 9.96. The highest BCUT2D eigenvalue weighted by molar-refractivity contribution is 7.80. The van der Waals surface area contributed by atoms with E-state index < -0.39 is 11.8 Å². The molecule has 0 spiro atoms. The van der Waals surface area contributed by atoms with E-state index in [1.165, 1.54) is 16.9 Å². The molecule has 9 heteroatoms. The summed E-state index contributed by atoms with van der Waals surface area (Å²) in [6.07, 6.45) is 5.56. The Morgan fingerprint density at radius 3 is 2.61 bits per heavy atom. The molecule has 1 aliphatic carbocycles. The summed E-state index contributed by atoms with van der Waals surface area (Å²) in [5.74, 6) is -1.35. The average Bonchev–Trinajstić information content (AvgIpc) is 3.39. The van der Waals surface area contributed by atoms with Crippen LogP contribution in [-0.2, 0) is 27.2 Å². The normalized spacial score (nSPS) is 16.6. The molecule has 2 aromatic heterocycles. The highest BCUT2D eigenvalue weighted by Crippen LogP contribution is 2.39. The fourth-order valence-electron chi connectivity index (χ4n) is 5.28. The lowest BCUT2D eigenvalue weighted by Crippen LogP contribution is -2.54. The predicted octanol–water partition coefficient (Wildman–Crippen LogP) is 5.27. The number of thiocarbonyl (C=S) groups is 1. The van der Waals surface area contributed by atoms with Crippen molar-refractivity contribution < 1.29 is 19.1 Å². The zero-order chi connectivity index (χ0) is 27.3. The third-order valence-electron chi connectivity index (χ3n) is 7.43. The van der Waals surface area contributed by atoms with Gasteiger partial charge < -0.3 is 9.30 Å². The van der Waals surface area contributed by atoms with Crippen LogP contribution in [0.5, 0.6) is 0 Å². The topological polar surface area (TPSA) is 80.6 Å². The fourth-order valence-corrected chi connectivity index (χ4v) is 7.04. The lowest BCUT2D eigenvalue weighted by Gasteiger charge is -2.30. The first-order valence-corrected chi connectivity index (χ1v) is 13.8. The molecule has 196 valence electrons. The van der Waals surface area contributed by atoms with Gasteiger partial charge in [0.05, 0.1) is 18.4 Å². The van der Waals surface area contributed by atoms with Crippen molar-refractivity contribution in [2.75, 3.05) is 12.0 Å². The largest absolute Gasteiger partial charge is 0.465 e. The lowest BCUT2D eigenvalue weighted by atomic mass is 9.95. The maximum Gasteiger partial charge on any atom is 0.341 e. The third-order valence-corrected chi connectivity index (χ3v) is 9.00. The van der Waals surface area contributed by atoms with Gasteiger partial charge in [0.1, 0.15) is 10.6 Å². The summed E-state index contributed by atoms with van der Waals surface area (Å²) in [7, 11) is 1.41. The summed E-state index contributed by atoms with van der Waals surface area (Å²) in [5.41, 5.74) is 6.70. The first-order chi connectivity index (χ1) is 18.1. The third kappa shape index (κ3) is 4.19. The number of benzene rings is 1. The summed E-state index contributed by atoms with van der Waals surface area (Å²) >= 11 is 7.01. The summed E-state index contributed by atoms with van der Waals surface area (Å²) in [5, 5.41) is 3.55. The van der Waals surface area contributed by atoms with Crippen molar-refractivity contribution >= 4 is 58.2 Å². The summed E-state index contributed by atoms with van der Waals surface area (Å²) in [4.78, 5) is 42.1. The number of hydrogen-bond acceptors (Lipinski definition) is 6. The van der Waals surface area contributed by atoms with Crippen LogP contribution in [0.2, 0.25) is 0 Å². The number of amides is 2. The van der Waals surface area contributed by atoms with Crippen LogP contribution in [0.15, 0.2) is 29.8 Å². The number of ether oxygens (including phenoxy) is 1. The molecule has 1 aromatic carbocycles. The molecule has 0 atom stereocenters. The Morgan fingerprint density at radius 2 is 1.87 bits per heavy atom. The second-order valence-corrected chi connectivity index (χ2v) is 11.2. The van der Waals surface area contributed by atoms with Crippen LogP contribution in [0, 0.1) is 27.7 Å². The molecule has 1 saturated heterocycles. The van der Waals surface area contributed by atoms with E-state index in [9.17, 15) is 14.4 Å². The zero-order valence-electron chi connectivity index (χ0n) is 22.1. The molecule has 1 aliphatic heterocycles. The smallest absolute Gasteiger partial charge is 0.341 e. The number of esters is 1. The van der Waals surface area contributed by atoms with Gasteiger partial charge in [-0.05, 0) is 106 Å². The van der Waals surface area contributed by atoms with E-state index in [4.69, 9.17) is 17.0 Å². The number of hydrogen-bond donors (Lipinski definition) is 1. The number of nitrogens with zero attached hydrogens (tertiary/aromatic N) is 2. The number of nitrogens with one attached hydrogen (secondary N) is 1. The van der Waals surface area contributed by atoms with Gasteiger partial charge in [0, 0.05) is 16.3 Å². The van der Waals surface area contributed by atoms with Crippen LogP contribution in [-0.4, -0.2) is 34.6 Å². The maximum atomic E-state index is 13.6. The van der Waals surface area contributed by atoms with Crippen molar-refractivity contribution in [2.24, 2.45) is 0 Å². The van der Waals surface area contributed by atoms with Gasteiger partial charge in [0.25, 0.3) is 11.8 Å². The van der Waals surface area contributed by atoms with Crippen LogP contribution in [0.4, 0.5) is 5.69 Å². The van der Waals surface area contributed by atoms with E-state index in [2.05, 4.69) is 5.32 Å². The van der Waals surface area contributed by atoms with Crippen molar-refractivity contribution in [2.45, 2.75) is 53.4 Å². The molecule has 2 aliphatic rings. The van der Waals surface area contributed by atoms with Gasteiger partial charge in [-0.3, -0.25) is 19.8 Å². The minimum atomic E-state index is -0.534. The summed E-state index contributed by atoms with van der Waals surface area (Å²) in [6, 6.07) is 7.57. The quantitative estimate of drug-likeness (QED) is 0.208. The first-order valence-electron chi connectivity index (χ1n) is 12.5. The van der Waals surface area contributed by atoms with Crippen molar-refractivity contribution in [1.29, 1.82) is 0 Å². The van der Waals surface area contributed by atoms with E-state index in [1.54, 1.807) is 17.4 Å². The Labute approximate surface area is 231 Å². The van der Waals surface area contributed by atoms with Crippen LogP contribution in [0.3, 0.4) is 0 Å². The number of carbonyl (C=O) groups is 3. The second-order valence-electron chi connectivity index (χ2n) is 9.72. The molecular formula is C29H29N3O4S2. The number of carbonyl (C=O) groups excluding carboxylic acids is 3. The Hall–Kier alpha value is -3.56. The molecule has 1 fully saturated rings. The summed E-state index contributed by atoms with van der Waals surface area (Å²) in [6.45, 7) is 7.77. The Morgan fingerprint density at radius 1 is 1.13 bits per heavy atom. The number of aromatic nitrogens is 1. The van der Waals surface area contributed by atoms with Crippen molar-refractivity contribution in [3.63, 3.8) is 0 Å². The highest BCUT2D eigenvalue weighted by Gasteiger charge is 2.36. The number of anilines is 1. The van der Waals surface area contributed by atoms with E-state index in [0.29, 0.717) is 11.3 Å². The average molecular weight is 548 g/mol. The number of fused-ring (bicyclic) bond motifs is 1. The van der Waals surface area contributed by atoms with Crippen LogP contribution in [0.25, 0.3) is 11.1 Å². The van der Waals surface area contributed by atoms with Crippen molar-refractivity contribution in [1.82, 2.24) is 9.88 Å². The molecule has 0 unspecified atom stereocenters.